The molecule has 234 valence electrons. The van der Waals surface area contributed by atoms with Gasteiger partial charge in [0, 0.05) is 36.3 Å². The number of carbonyl (C=O) groups excluding carboxylic acids is 3. The Bertz CT molecular complexity index is 1110. The molecule has 6 nitrogen and oxygen atoms in total. The number of carbonyl (C=O) groups is 3. The van der Waals surface area contributed by atoms with Gasteiger partial charge >= 0.3 is 0 Å². The summed E-state index contributed by atoms with van der Waals surface area (Å²) in [6, 6.07) is 20.9. The first-order valence-electron chi connectivity index (χ1n) is 16.4. The zero-order valence-corrected chi connectivity index (χ0v) is 27.2. The predicted octanol–water partition coefficient (Wildman–Crippen LogP) is 7.26. The SMILES string of the molecule is CC(C)(C)SC(=O)N1CCCCC1C(=O)N1CCC(C(=O)NC(CCCc2ccccc2)CCCc2ccccc2)CC1. The smallest absolute Gasteiger partial charge is 0.282 e. The van der Waals surface area contributed by atoms with Crippen LogP contribution in [0.3, 0.4) is 0 Å². The molecule has 0 aromatic heterocycles. The van der Waals surface area contributed by atoms with Crippen LogP contribution in [0.5, 0.6) is 0 Å². The Morgan fingerprint density at radius 1 is 0.814 bits per heavy atom. The average Bonchev–Trinajstić information content (AvgIpc) is 3.01. The van der Waals surface area contributed by atoms with Crippen LogP contribution >= 0.6 is 11.8 Å². The zero-order valence-electron chi connectivity index (χ0n) is 26.4. The van der Waals surface area contributed by atoms with Gasteiger partial charge < -0.3 is 15.1 Å². The first-order valence-corrected chi connectivity index (χ1v) is 17.2. The third-order valence-electron chi connectivity index (χ3n) is 8.66. The number of rotatable bonds is 11. The predicted molar refractivity (Wildman–Crippen MR) is 177 cm³/mol. The molecule has 43 heavy (non-hydrogen) atoms. The van der Waals surface area contributed by atoms with Crippen molar-refractivity contribution in [3.05, 3.63) is 71.8 Å². The number of piperidine rings is 2. The van der Waals surface area contributed by atoms with Crippen LogP contribution in [0.15, 0.2) is 60.7 Å². The van der Waals surface area contributed by atoms with Crippen LogP contribution in [0.25, 0.3) is 0 Å². The molecule has 1 N–H and O–H groups in total. The number of nitrogens with one attached hydrogen (secondary N) is 1. The maximum absolute atomic E-state index is 13.6. The highest BCUT2D eigenvalue weighted by Gasteiger charge is 2.38. The Kier molecular flexibility index (Phi) is 12.6. The molecule has 0 bridgehead atoms. The summed E-state index contributed by atoms with van der Waals surface area (Å²) in [5.74, 6) is 0.115. The second kappa shape index (κ2) is 16.3. The van der Waals surface area contributed by atoms with E-state index in [0.717, 1.165) is 57.8 Å². The topological polar surface area (TPSA) is 69.7 Å². The van der Waals surface area contributed by atoms with Crippen molar-refractivity contribution >= 4 is 28.8 Å². The van der Waals surface area contributed by atoms with E-state index in [1.54, 1.807) is 4.90 Å². The van der Waals surface area contributed by atoms with Gasteiger partial charge in [-0.15, -0.1) is 0 Å². The largest absolute Gasteiger partial charge is 0.353 e. The molecule has 2 aromatic carbocycles. The standard InChI is InChI=1S/C36H51N3O3S/c1-36(2,3)43-35(42)39-25-11-10-22-32(39)34(41)38-26-23-30(24-27-38)33(40)37-31(20-12-18-28-14-6-4-7-15-28)21-13-19-29-16-8-5-9-17-29/h4-9,14-17,30-32H,10-13,18-27H2,1-3H3,(H,37,40). The molecule has 2 saturated heterocycles. The number of hydrogen-bond acceptors (Lipinski definition) is 4. The van der Waals surface area contributed by atoms with Gasteiger partial charge in [-0.05, 0) is 81.8 Å². The monoisotopic (exact) mass is 605 g/mol. The number of amides is 3. The maximum Gasteiger partial charge on any atom is 0.282 e. The van der Waals surface area contributed by atoms with E-state index in [2.05, 4.69) is 53.8 Å². The Balaban J connectivity index is 1.28. The van der Waals surface area contributed by atoms with E-state index < -0.39 is 0 Å². The van der Waals surface area contributed by atoms with Crippen LogP contribution in [-0.2, 0) is 22.4 Å². The Labute approximate surface area is 263 Å². The number of thioether (sulfide) groups is 1. The first kappa shape index (κ1) is 33.1. The molecule has 2 aromatic rings. The molecule has 2 aliphatic heterocycles. The second-order valence-electron chi connectivity index (χ2n) is 13.2. The molecule has 0 spiro atoms. The van der Waals surface area contributed by atoms with Gasteiger partial charge in [0.2, 0.25) is 11.8 Å². The molecule has 2 heterocycles. The average molecular weight is 606 g/mol. The van der Waals surface area contributed by atoms with E-state index in [9.17, 15) is 14.4 Å². The Morgan fingerprint density at radius 3 is 1.91 bits per heavy atom. The Morgan fingerprint density at radius 2 is 1.37 bits per heavy atom. The second-order valence-corrected chi connectivity index (χ2v) is 15.0. The first-order chi connectivity index (χ1) is 20.7. The fourth-order valence-electron chi connectivity index (χ4n) is 6.30. The van der Waals surface area contributed by atoms with Crippen molar-refractivity contribution in [2.24, 2.45) is 5.92 Å². The van der Waals surface area contributed by atoms with Crippen molar-refractivity contribution in [2.75, 3.05) is 19.6 Å². The van der Waals surface area contributed by atoms with Crippen molar-refractivity contribution in [1.29, 1.82) is 0 Å². The third kappa shape index (κ3) is 10.7. The molecule has 7 heteroatoms. The van der Waals surface area contributed by atoms with Crippen LogP contribution in [0.1, 0.15) is 89.7 Å². The molecule has 3 amide bonds. The lowest BCUT2D eigenvalue weighted by molar-refractivity contribution is -0.140. The Hall–Kier alpha value is -2.80. The lowest BCUT2D eigenvalue weighted by atomic mass is 9.93. The summed E-state index contributed by atoms with van der Waals surface area (Å²) in [5, 5.41) is 3.42. The fourth-order valence-corrected chi connectivity index (χ4v) is 7.16. The number of likely N-dealkylation sites (tertiary alicyclic amines) is 2. The fraction of sp³-hybridized carbons (Fsp3) is 0.583. The van der Waals surface area contributed by atoms with E-state index in [0.29, 0.717) is 32.5 Å². The van der Waals surface area contributed by atoms with E-state index >= 15 is 0 Å². The van der Waals surface area contributed by atoms with Crippen LogP contribution in [0.2, 0.25) is 0 Å². The van der Waals surface area contributed by atoms with Crippen molar-refractivity contribution in [3.63, 3.8) is 0 Å². The summed E-state index contributed by atoms with van der Waals surface area (Å²) in [6.45, 7) is 7.89. The van der Waals surface area contributed by atoms with Gasteiger partial charge in [0.05, 0.1) is 0 Å². The molecule has 1 unspecified atom stereocenters. The minimum Gasteiger partial charge on any atom is -0.353 e. The highest BCUT2D eigenvalue weighted by atomic mass is 32.2. The van der Waals surface area contributed by atoms with E-state index in [1.807, 2.05) is 37.8 Å². The van der Waals surface area contributed by atoms with Gasteiger partial charge in [0.15, 0.2) is 0 Å². The lowest BCUT2D eigenvalue weighted by Crippen LogP contribution is -2.54. The third-order valence-corrected chi connectivity index (χ3v) is 9.68. The minimum atomic E-state index is -0.375. The normalized spacial score (nSPS) is 18.1. The van der Waals surface area contributed by atoms with E-state index in [4.69, 9.17) is 0 Å². The van der Waals surface area contributed by atoms with Crippen molar-refractivity contribution in [2.45, 2.75) is 108 Å². The molecule has 0 aliphatic carbocycles. The number of benzene rings is 2. The molecule has 2 aliphatic rings. The van der Waals surface area contributed by atoms with Gasteiger partial charge in [-0.1, -0.05) is 93.2 Å². The van der Waals surface area contributed by atoms with Crippen LogP contribution in [-0.4, -0.2) is 63.3 Å². The van der Waals surface area contributed by atoms with Gasteiger partial charge in [0.25, 0.3) is 5.24 Å². The van der Waals surface area contributed by atoms with Crippen molar-refractivity contribution < 1.29 is 14.4 Å². The van der Waals surface area contributed by atoms with Crippen LogP contribution < -0.4 is 5.32 Å². The molecule has 0 saturated carbocycles. The number of nitrogens with zero attached hydrogens (tertiary/aromatic N) is 2. The van der Waals surface area contributed by atoms with Crippen LogP contribution in [0, 0.1) is 5.92 Å². The summed E-state index contributed by atoms with van der Waals surface area (Å²) in [5.41, 5.74) is 2.67. The molecular weight excluding hydrogens is 554 g/mol. The number of aryl methyl sites for hydroxylation is 2. The summed E-state index contributed by atoms with van der Waals surface area (Å²) < 4.78 is -0.186. The highest BCUT2D eigenvalue weighted by Crippen LogP contribution is 2.31. The summed E-state index contributed by atoms with van der Waals surface area (Å²) >= 11 is 1.31. The van der Waals surface area contributed by atoms with Crippen molar-refractivity contribution in [3.8, 4) is 0 Å². The molecular formula is C36H51N3O3S. The quantitative estimate of drug-likeness (QED) is 0.293. The van der Waals surface area contributed by atoms with E-state index in [1.165, 1.54) is 22.9 Å². The molecule has 4 rings (SSSR count). The van der Waals surface area contributed by atoms with Gasteiger partial charge in [-0.3, -0.25) is 14.4 Å². The van der Waals surface area contributed by atoms with Crippen molar-refractivity contribution in [1.82, 2.24) is 15.1 Å². The summed E-state index contributed by atoms with van der Waals surface area (Å²) in [4.78, 5) is 43.8. The highest BCUT2D eigenvalue weighted by molar-refractivity contribution is 8.14. The lowest BCUT2D eigenvalue weighted by Gasteiger charge is -2.40. The van der Waals surface area contributed by atoms with Gasteiger partial charge in [-0.2, -0.15) is 0 Å². The van der Waals surface area contributed by atoms with Gasteiger partial charge in [0.1, 0.15) is 6.04 Å². The summed E-state index contributed by atoms with van der Waals surface area (Å²) in [6.07, 6.45) is 10.0. The minimum absolute atomic E-state index is 0.00499. The van der Waals surface area contributed by atoms with Gasteiger partial charge in [-0.25, -0.2) is 0 Å². The van der Waals surface area contributed by atoms with E-state index in [-0.39, 0.29) is 39.8 Å². The molecule has 1 atom stereocenters. The number of hydrogen-bond donors (Lipinski definition) is 1. The summed E-state index contributed by atoms with van der Waals surface area (Å²) in [7, 11) is 0. The molecule has 0 radical (unpaired) electrons. The maximum atomic E-state index is 13.6. The zero-order chi connectivity index (χ0) is 30.7. The van der Waals surface area contributed by atoms with Crippen LogP contribution in [0.4, 0.5) is 4.79 Å². The molecule has 2 fully saturated rings.